The number of aliphatic imine (C=N–C) groups is 3. The molecular formula is C24H42N4O3. The minimum atomic E-state index is 0.0870. The van der Waals surface area contributed by atoms with E-state index < -0.39 is 0 Å². The van der Waals surface area contributed by atoms with Gasteiger partial charge in [0.2, 0.25) is 0 Å². The average molecular weight is 435 g/mol. The first-order valence-electron chi connectivity index (χ1n) is 11.5. The summed E-state index contributed by atoms with van der Waals surface area (Å²) in [6, 6.07) is 0.542. The van der Waals surface area contributed by atoms with Crippen LogP contribution in [0.5, 0.6) is 0 Å². The summed E-state index contributed by atoms with van der Waals surface area (Å²) < 4.78 is 17.8. The molecule has 3 aliphatic heterocycles. The third-order valence-electron chi connectivity index (χ3n) is 6.20. The summed E-state index contributed by atoms with van der Waals surface area (Å²) in [5.41, 5.74) is 0.261. The molecule has 31 heavy (non-hydrogen) atoms. The lowest BCUT2D eigenvalue weighted by molar-refractivity contribution is 0.215. The average Bonchev–Trinajstić information content (AvgIpc) is 3.32. The molecular weight excluding hydrogens is 392 g/mol. The second-order valence-corrected chi connectivity index (χ2v) is 12.3. The Morgan fingerprint density at radius 2 is 0.839 bits per heavy atom. The van der Waals surface area contributed by atoms with Gasteiger partial charge in [0, 0.05) is 0 Å². The summed E-state index contributed by atoms with van der Waals surface area (Å²) in [5.74, 6) is 2.32. The first-order chi connectivity index (χ1) is 14.2. The number of rotatable bonds is 6. The maximum absolute atomic E-state index is 5.95. The third-order valence-corrected chi connectivity index (χ3v) is 6.20. The second-order valence-electron chi connectivity index (χ2n) is 12.3. The summed E-state index contributed by atoms with van der Waals surface area (Å²) in [5, 5.41) is 0. The van der Waals surface area contributed by atoms with Gasteiger partial charge < -0.3 is 14.2 Å². The molecule has 3 heterocycles. The lowest BCUT2D eigenvalue weighted by Crippen LogP contribution is -2.38. The van der Waals surface area contributed by atoms with Crippen LogP contribution in [0.25, 0.3) is 0 Å². The molecule has 0 N–H and O–H groups in total. The highest BCUT2D eigenvalue weighted by atomic mass is 16.5. The highest BCUT2D eigenvalue weighted by Gasteiger charge is 2.35. The fourth-order valence-electron chi connectivity index (χ4n) is 3.60. The first-order valence-corrected chi connectivity index (χ1v) is 11.5. The van der Waals surface area contributed by atoms with Crippen molar-refractivity contribution in [3.63, 3.8) is 0 Å². The van der Waals surface area contributed by atoms with Crippen molar-refractivity contribution in [1.29, 1.82) is 0 Å². The van der Waals surface area contributed by atoms with Crippen LogP contribution >= 0.6 is 0 Å². The molecule has 0 fully saturated rings. The maximum atomic E-state index is 5.95. The van der Waals surface area contributed by atoms with Crippen LogP contribution in [-0.4, -0.2) is 80.2 Å². The zero-order valence-electron chi connectivity index (χ0n) is 21.0. The van der Waals surface area contributed by atoms with E-state index in [1.807, 2.05) is 0 Å². The van der Waals surface area contributed by atoms with Gasteiger partial charge in [0.1, 0.15) is 19.8 Å². The summed E-state index contributed by atoms with van der Waals surface area (Å²) in [4.78, 5) is 16.8. The van der Waals surface area contributed by atoms with Crippen LogP contribution in [0.3, 0.4) is 0 Å². The van der Waals surface area contributed by atoms with Crippen molar-refractivity contribution in [2.24, 2.45) is 31.2 Å². The fourth-order valence-corrected chi connectivity index (χ4v) is 3.60. The summed E-state index contributed by atoms with van der Waals surface area (Å²) in [6.07, 6.45) is 0. The Labute approximate surface area is 188 Å². The van der Waals surface area contributed by atoms with E-state index >= 15 is 0 Å². The van der Waals surface area contributed by atoms with Gasteiger partial charge in [0.25, 0.3) is 0 Å². The van der Waals surface area contributed by atoms with Crippen molar-refractivity contribution in [2.75, 3.05) is 39.5 Å². The van der Waals surface area contributed by atoms with Crippen molar-refractivity contribution in [3.05, 3.63) is 0 Å². The van der Waals surface area contributed by atoms with Gasteiger partial charge in [0.05, 0.1) is 37.8 Å². The van der Waals surface area contributed by atoms with Crippen molar-refractivity contribution in [2.45, 2.75) is 80.4 Å². The monoisotopic (exact) mass is 434 g/mol. The van der Waals surface area contributed by atoms with Gasteiger partial charge in [-0.1, -0.05) is 62.3 Å². The fraction of sp³-hybridized carbons (Fsp3) is 0.875. The molecule has 0 aromatic carbocycles. The molecule has 0 radical (unpaired) electrons. The smallest absolute Gasteiger partial charge is 0.198 e. The summed E-state index contributed by atoms with van der Waals surface area (Å²) in [7, 11) is 0. The normalized spacial score (nSPS) is 26.9. The van der Waals surface area contributed by atoms with Gasteiger partial charge in [-0.15, -0.1) is 0 Å². The molecule has 3 aliphatic rings. The van der Waals surface area contributed by atoms with E-state index in [-0.39, 0.29) is 34.4 Å². The van der Waals surface area contributed by atoms with E-state index in [2.05, 4.69) is 67.2 Å². The molecule has 0 saturated carbocycles. The van der Waals surface area contributed by atoms with Crippen LogP contribution in [-0.2, 0) is 14.2 Å². The van der Waals surface area contributed by atoms with Crippen LogP contribution in [0.2, 0.25) is 0 Å². The molecule has 176 valence electrons. The van der Waals surface area contributed by atoms with Gasteiger partial charge in [-0.2, -0.15) is 0 Å². The van der Waals surface area contributed by atoms with E-state index in [1.54, 1.807) is 0 Å². The Morgan fingerprint density at radius 3 is 1.03 bits per heavy atom. The molecule has 3 atom stereocenters. The lowest BCUT2D eigenvalue weighted by Gasteiger charge is -2.22. The van der Waals surface area contributed by atoms with E-state index in [1.165, 1.54) is 0 Å². The van der Waals surface area contributed by atoms with Crippen molar-refractivity contribution in [1.82, 2.24) is 4.90 Å². The highest BCUT2D eigenvalue weighted by molar-refractivity contribution is 5.85. The molecule has 7 nitrogen and oxygen atoms in total. The molecule has 0 aliphatic carbocycles. The quantitative estimate of drug-likeness (QED) is 0.637. The molecule has 0 aromatic heterocycles. The molecule has 0 saturated heterocycles. The van der Waals surface area contributed by atoms with Crippen LogP contribution < -0.4 is 0 Å². The lowest BCUT2D eigenvalue weighted by atomic mass is 9.88. The number of nitrogens with zero attached hydrogens (tertiary/aromatic N) is 4. The number of hydrogen-bond donors (Lipinski definition) is 0. The largest absolute Gasteiger partial charge is 0.478 e. The van der Waals surface area contributed by atoms with Crippen molar-refractivity contribution < 1.29 is 14.2 Å². The van der Waals surface area contributed by atoms with Gasteiger partial charge in [-0.3, -0.25) is 4.90 Å². The Bertz CT molecular complexity index is 638. The van der Waals surface area contributed by atoms with E-state index in [9.17, 15) is 0 Å². The molecule has 0 amide bonds. The Balaban J connectivity index is 1.72. The number of ether oxygens (including phenoxy) is 3. The molecule has 0 unspecified atom stereocenters. The zero-order chi connectivity index (χ0) is 23.0. The van der Waals surface area contributed by atoms with Crippen LogP contribution in [0.1, 0.15) is 62.3 Å². The molecule has 7 heteroatoms. The molecule has 0 spiro atoms. The zero-order valence-corrected chi connectivity index (χ0v) is 21.0. The molecule has 3 rings (SSSR count). The number of hydrogen-bond acceptors (Lipinski definition) is 7. The SMILES string of the molecule is CC(C)(C)[C@@H]1COC(CN(CC2=N[C@H](C(C)(C)C)CO2)CC2=N[C@@H](C(C)(C)C)CO2)=N1. The van der Waals surface area contributed by atoms with E-state index in [4.69, 9.17) is 29.2 Å². The van der Waals surface area contributed by atoms with Crippen molar-refractivity contribution >= 4 is 17.7 Å². The minimum Gasteiger partial charge on any atom is -0.478 e. The Morgan fingerprint density at radius 1 is 0.581 bits per heavy atom. The standard InChI is InChI=1S/C24H42N4O3/c1-22(2,3)16-13-29-19(25-16)10-28(11-20-26-17(14-30-20)23(4,5)6)12-21-27-18(15-31-21)24(7,8)9/h16-18H,10-15H2,1-9H3/t16-,17-,18+/m0/s1. The van der Waals surface area contributed by atoms with Crippen LogP contribution in [0.4, 0.5) is 0 Å². The van der Waals surface area contributed by atoms with E-state index in [0.29, 0.717) is 39.5 Å². The van der Waals surface area contributed by atoms with E-state index in [0.717, 1.165) is 17.7 Å². The first kappa shape index (κ1) is 24.0. The second kappa shape index (κ2) is 8.72. The van der Waals surface area contributed by atoms with Crippen LogP contribution in [0, 0.1) is 16.2 Å². The molecule has 0 bridgehead atoms. The topological polar surface area (TPSA) is 68.0 Å². The van der Waals surface area contributed by atoms with Gasteiger partial charge in [-0.25, -0.2) is 15.0 Å². The van der Waals surface area contributed by atoms with Gasteiger partial charge in [-0.05, 0) is 16.2 Å². The van der Waals surface area contributed by atoms with Crippen molar-refractivity contribution in [3.8, 4) is 0 Å². The minimum absolute atomic E-state index is 0.0870. The third kappa shape index (κ3) is 6.43. The predicted molar refractivity (Wildman–Crippen MR) is 126 cm³/mol. The molecule has 0 aromatic rings. The summed E-state index contributed by atoms with van der Waals surface area (Å²) in [6.45, 7) is 23.5. The Hall–Kier alpha value is -1.63. The van der Waals surface area contributed by atoms with Gasteiger partial charge in [0.15, 0.2) is 17.7 Å². The highest BCUT2D eigenvalue weighted by Crippen LogP contribution is 2.28. The van der Waals surface area contributed by atoms with Gasteiger partial charge >= 0.3 is 0 Å². The Kier molecular flexibility index (Phi) is 6.76. The predicted octanol–water partition coefficient (Wildman–Crippen LogP) is 3.82. The summed E-state index contributed by atoms with van der Waals surface area (Å²) >= 11 is 0. The van der Waals surface area contributed by atoms with Crippen LogP contribution in [0.15, 0.2) is 15.0 Å². The maximum Gasteiger partial charge on any atom is 0.198 e.